The van der Waals surface area contributed by atoms with Crippen LogP contribution in [0.25, 0.3) is 0 Å². The van der Waals surface area contributed by atoms with E-state index in [1.54, 1.807) is 0 Å². The van der Waals surface area contributed by atoms with E-state index in [0.29, 0.717) is 12.1 Å². The van der Waals surface area contributed by atoms with Crippen LogP contribution in [0.15, 0.2) is 54.6 Å². The average molecular weight is 334 g/mol. The van der Waals surface area contributed by atoms with Gasteiger partial charge in [0, 0.05) is 23.5 Å². The van der Waals surface area contributed by atoms with Crippen molar-refractivity contribution in [3.63, 3.8) is 0 Å². The van der Waals surface area contributed by atoms with Crippen molar-refractivity contribution in [1.29, 1.82) is 0 Å². The molecule has 0 aliphatic carbocycles. The molecule has 2 aromatic carbocycles. The number of carbonyl (C=O) groups is 1. The molecule has 0 saturated heterocycles. The second-order valence-electron chi connectivity index (χ2n) is 6.14. The molecule has 128 valence electrons. The third-order valence-electron chi connectivity index (χ3n) is 3.95. The van der Waals surface area contributed by atoms with Gasteiger partial charge in [0.15, 0.2) is 0 Å². The van der Waals surface area contributed by atoms with E-state index in [1.165, 1.54) is 5.56 Å². The van der Waals surface area contributed by atoms with E-state index in [1.807, 2.05) is 37.3 Å². The number of benzene rings is 2. The van der Waals surface area contributed by atoms with Crippen LogP contribution in [0.5, 0.6) is 0 Å². The van der Waals surface area contributed by atoms with Crippen molar-refractivity contribution in [3.8, 4) is 0 Å². The van der Waals surface area contributed by atoms with Crippen molar-refractivity contribution in [2.24, 2.45) is 0 Å². The predicted molar refractivity (Wildman–Crippen MR) is 99.4 cm³/mol. The summed E-state index contributed by atoms with van der Waals surface area (Å²) in [7, 11) is 0. The zero-order chi connectivity index (χ0) is 17.6. The summed E-state index contributed by atoms with van der Waals surface area (Å²) in [6.07, 6.45) is 0. The molecule has 0 fully saturated rings. The molecular formula is C20H22N4O. The van der Waals surface area contributed by atoms with E-state index >= 15 is 0 Å². The minimum atomic E-state index is -0.0984. The zero-order valence-electron chi connectivity index (χ0n) is 14.5. The first kappa shape index (κ1) is 16.8. The van der Waals surface area contributed by atoms with Crippen molar-refractivity contribution in [1.82, 2.24) is 15.5 Å². The second kappa shape index (κ2) is 7.66. The topological polar surface area (TPSA) is 69.8 Å². The number of hydrogen-bond donors (Lipinski definition) is 3. The number of nitrogens with one attached hydrogen (secondary N) is 3. The van der Waals surface area contributed by atoms with Crippen molar-refractivity contribution in [3.05, 3.63) is 82.7 Å². The summed E-state index contributed by atoms with van der Waals surface area (Å²) in [6.45, 7) is 5.14. The minimum absolute atomic E-state index is 0.0984. The number of aromatic nitrogens is 2. The Kier molecular flexibility index (Phi) is 5.14. The molecular weight excluding hydrogens is 312 g/mol. The molecule has 25 heavy (non-hydrogen) atoms. The molecule has 1 heterocycles. The van der Waals surface area contributed by atoms with Gasteiger partial charge in [0.1, 0.15) is 0 Å². The lowest BCUT2D eigenvalue weighted by Crippen LogP contribution is -2.22. The average Bonchev–Trinajstić information content (AvgIpc) is 3.05. The Morgan fingerprint density at radius 1 is 1.00 bits per heavy atom. The standard InChI is InChI=1S/C20H22N4O/c1-14-3-9-18(10-4-14)21-12-16-5-7-17(8-6-16)20(25)22-13-19-11-15(2)23-24-19/h3-11,21H,12-13H2,1-2H3,(H,22,25)(H,23,24). The van der Waals surface area contributed by atoms with Crippen molar-refractivity contribution < 1.29 is 4.79 Å². The molecule has 0 aliphatic rings. The molecule has 5 nitrogen and oxygen atoms in total. The Morgan fingerprint density at radius 2 is 1.72 bits per heavy atom. The van der Waals surface area contributed by atoms with Gasteiger partial charge in [-0.3, -0.25) is 9.89 Å². The Balaban J connectivity index is 1.52. The lowest BCUT2D eigenvalue weighted by atomic mass is 10.1. The highest BCUT2D eigenvalue weighted by molar-refractivity contribution is 5.94. The van der Waals surface area contributed by atoms with Gasteiger partial charge in [0.05, 0.1) is 12.2 Å². The smallest absolute Gasteiger partial charge is 0.251 e. The fourth-order valence-electron chi connectivity index (χ4n) is 2.49. The molecule has 1 amide bonds. The van der Waals surface area contributed by atoms with E-state index in [0.717, 1.165) is 29.2 Å². The molecule has 0 aliphatic heterocycles. The maximum Gasteiger partial charge on any atom is 0.251 e. The summed E-state index contributed by atoms with van der Waals surface area (Å²) in [6, 6.07) is 17.8. The van der Waals surface area contributed by atoms with Crippen LogP contribution < -0.4 is 10.6 Å². The number of aromatic amines is 1. The van der Waals surface area contributed by atoms with Crippen molar-refractivity contribution >= 4 is 11.6 Å². The highest BCUT2D eigenvalue weighted by atomic mass is 16.1. The van der Waals surface area contributed by atoms with Crippen LogP contribution in [0.3, 0.4) is 0 Å². The fraction of sp³-hybridized carbons (Fsp3) is 0.200. The molecule has 3 rings (SSSR count). The first-order valence-electron chi connectivity index (χ1n) is 8.29. The molecule has 0 atom stereocenters. The third kappa shape index (κ3) is 4.70. The molecule has 0 spiro atoms. The van der Waals surface area contributed by atoms with Gasteiger partial charge in [-0.2, -0.15) is 5.10 Å². The summed E-state index contributed by atoms with van der Waals surface area (Å²) in [5, 5.41) is 13.2. The number of anilines is 1. The second-order valence-corrected chi connectivity index (χ2v) is 6.14. The number of carbonyl (C=O) groups excluding carboxylic acids is 1. The van der Waals surface area contributed by atoms with Gasteiger partial charge >= 0.3 is 0 Å². The van der Waals surface area contributed by atoms with Gasteiger partial charge < -0.3 is 10.6 Å². The summed E-state index contributed by atoms with van der Waals surface area (Å²) in [4.78, 5) is 12.2. The Bertz CT molecular complexity index is 835. The molecule has 3 N–H and O–H groups in total. The van der Waals surface area contributed by atoms with Crippen LogP contribution in [-0.2, 0) is 13.1 Å². The van der Waals surface area contributed by atoms with E-state index in [4.69, 9.17) is 0 Å². The number of H-pyrrole nitrogens is 1. The van der Waals surface area contributed by atoms with Crippen LogP contribution in [-0.4, -0.2) is 16.1 Å². The summed E-state index contributed by atoms with van der Waals surface area (Å²) >= 11 is 0. The molecule has 0 unspecified atom stereocenters. The van der Waals surface area contributed by atoms with Crippen molar-refractivity contribution in [2.45, 2.75) is 26.9 Å². The SMILES string of the molecule is Cc1ccc(NCc2ccc(C(=O)NCc3cc(C)[nH]n3)cc2)cc1. The highest BCUT2D eigenvalue weighted by Crippen LogP contribution is 2.11. The zero-order valence-corrected chi connectivity index (χ0v) is 14.5. The lowest BCUT2D eigenvalue weighted by molar-refractivity contribution is 0.0950. The number of rotatable bonds is 6. The maximum atomic E-state index is 12.2. The highest BCUT2D eigenvalue weighted by Gasteiger charge is 2.06. The van der Waals surface area contributed by atoms with Gasteiger partial charge in [0.25, 0.3) is 5.91 Å². The van der Waals surface area contributed by atoms with E-state index < -0.39 is 0 Å². The Labute approximate surface area is 147 Å². The van der Waals surface area contributed by atoms with Crippen LogP contribution in [0.4, 0.5) is 5.69 Å². The molecule has 0 radical (unpaired) electrons. The predicted octanol–water partition coefficient (Wildman–Crippen LogP) is 3.57. The largest absolute Gasteiger partial charge is 0.381 e. The molecule has 0 bridgehead atoms. The third-order valence-corrected chi connectivity index (χ3v) is 3.95. The quantitative estimate of drug-likeness (QED) is 0.645. The summed E-state index contributed by atoms with van der Waals surface area (Å²) < 4.78 is 0. The molecule has 0 saturated carbocycles. The van der Waals surface area contributed by atoms with Crippen LogP contribution in [0.2, 0.25) is 0 Å². The number of nitrogens with zero attached hydrogens (tertiary/aromatic N) is 1. The summed E-state index contributed by atoms with van der Waals surface area (Å²) in [5.41, 5.74) is 5.90. The van der Waals surface area contributed by atoms with Crippen LogP contribution in [0, 0.1) is 13.8 Å². The summed E-state index contributed by atoms with van der Waals surface area (Å²) in [5.74, 6) is -0.0984. The number of aryl methyl sites for hydroxylation is 2. The van der Waals surface area contributed by atoms with Gasteiger partial charge in [-0.25, -0.2) is 0 Å². The van der Waals surface area contributed by atoms with Gasteiger partial charge in [-0.15, -0.1) is 0 Å². The fourth-order valence-corrected chi connectivity index (χ4v) is 2.49. The Morgan fingerprint density at radius 3 is 2.36 bits per heavy atom. The van der Waals surface area contributed by atoms with E-state index in [9.17, 15) is 4.79 Å². The maximum absolute atomic E-state index is 12.2. The van der Waals surface area contributed by atoms with Gasteiger partial charge in [-0.1, -0.05) is 29.8 Å². The Hall–Kier alpha value is -3.08. The van der Waals surface area contributed by atoms with Crippen molar-refractivity contribution in [2.75, 3.05) is 5.32 Å². The number of amides is 1. The minimum Gasteiger partial charge on any atom is -0.381 e. The first-order valence-corrected chi connectivity index (χ1v) is 8.29. The van der Waals surface area contributed by atoms with Crippen LogP contribution in [0.1, 0.15) is 32.9 Å². The van der Waals surface area contributed by atoms with E-state index in [2.05, 4.69) is 52.0 Å². The normalized spacial score (nSPS) is 10.5. The lowest BCUT2D eigenvalue weighted by Gasteiger charge is -2.08. The van der Waals surface area contributed by atoms with Crippen LogP contribution >= 0.6 is 0 Å². The molecule has 5 heteroatoms. The molecule has 1 aromatic heterocycles. The van der Waals surface area contributed by atoms with E-state index in [-0.39, 0.29) is 5.91 Å². The number of hydrogen-bond acceptors (Lipinski definition) is 3. The van der Waals surface area contributed by atoms with Gasteiger partial charge in [0.2, 0.25) is 0 Å². The molecule has 3 aromatic rings. The first-order chi connectivity index (χ1) is 12.1. The van der Waals surface area contributed by atoms with Gasteiger partial charge in [-0.05, 0) is 49.7 Å². The monoisotopic (exact) mass is 334 g/mol.